The van der Waals surface area contributed by atoms with E-state index < -0.39 is 0 Å². The van der Waals surface area contributed by atoms with Crippen LogP contribution in [0.2, 0.25) is 0 Å². The Bertz CT molecular complexity index is 336. The van der Waals surface area contributed by atoms with Gasteiger partial charge < -0.3 is 10.1 Å². The summed E-state index contributed by atoms with van der Waals surface area (Å²) >= 11 is 5.32. The zero-order valence-electron chi connectivity index (χ0n) is 14.6. The van der Waals surface area contributed by atoms with Crippen LogP contribution in [-0.4, -0.2) is 54.9 Å². The van der Waals surface area contributed by atoms with E-state index in [2.05, 4.69) is 30.3 Å². The van der Waals surface area contributed by atoms with E-state index in [1.54, 1.807) is 0 Å². The van der Waals surface area contributed by atoms with Gasteiger partial charge in [0.25, 0.3) is 0 Å². The van der Waals surface area contributed by atoms with E-state index in [0.29, 0.717) is 18.2 Å². The van der Waals surface area contributed by atoms with Crippen LogP contribution < -0.4 is 5.32 Å². The number of ether oxygens (including phenoxy) is 1. The van der Waals surface area contributed by atoms with Crippen molar-refractivity contribution in [1.82, 2.24) is 10.2 Å². The molecule has 2 fully saturated rings. The summed E-state index contributed by atoms with van der Waals surface area (Å²) in [6.07, 6.45) is 10.7. The summed E-state index contributed by atoms with van der Waals surface area (Å²) in [6, 6.07) is 0.609. The zero-order valence-corrected chi connectivity index (χ0v) is 16.2. The van der Waals surface area contributed by atoms with Gasteiger partial charge in [-0.15, -0.1) is 9.45 Å². The average Bonchev–Trinajstić information content (AvgIpc) is 2.48. The molecule has 130 valence electrons. The van der Waals surface area contributed by atoms with Crippen molar-refractivity contribution < 1.29 is 4.74 Å². The van der Waals surface area contributed by atoms with Crippen molar-refractivity contribution in [2.24, 2.45) is 5.92 Å². The predicted octanol–water partition coefficient (Wildman–Crippen LogP) is 2.69. The molecule has 3 nitrogen and oxygen atoms in total. The van der Waals surface area contributed by atoms with Gasteiger partial charge in [-0.2, -0.15) is 0 Å². The van der Waals surface area contributed by atoms with E-state index in [0.717, 1.165) is 11.8 Å². The van der Waals surface area contributed by atoms with Crippen LogP contribution >= 0.6 is 0 Å². The van der Waals surface area contributed by atoms with Crippen LogP contribution in [-0.2, 0) is 25.4 Å². The monoisotopic (exact) mass is 346 g/mol. The number of likely N-dealkylation sites (tertiary alicyclic amines) is 1. The molecule has 1 unspecified atom stereocenters. The van der Waals surface area contributed by atoms with E-state index in [1.807, 2.05) is 0 Å². The third-order valence-corrected chi connectivity index (χ3v) is 5.94. The fourth-order valence-corrected chi connectivity index (χ4v) is 4.80. The molecule has 1 aliphatic carbocycles. The van der Waals surface area contributed by atoms with Crippen LogP contribution in [0.25, 0.3) is 0 Å². The molecular weight excluding hydrogens is 312 g/mol. The SMILES string of the molecule is CC(C)NC[C@H]1CC[C@H](OC2CCN(CS(C)=S)CC2)CC1. The second-order valence-electron chi connectivity index (χ2n) is 7.36. The first kappa shape index (κ1) is 18.8. The Labute approximate surface area is 144 Å². The molecule has 22 heavy (non-hydrogen) atoms. The van der Waals surface area contributed by atoms with E-state index in [9.17, 15) is 0 Å². The van der Waals surface area contributed by atoms with Gasteiger partial charge in [-0.1, -0.05) is 25.0 Å². The maximum Gasteiger partial charge on any atom is 0.0603 e. The number of rotatable bonds is 7. The second-order valence-corrected chi connectivity index (χ2v) is 10.5. The fraction of sp³-hybridized carbons (Fsp3) is 1.00. The lowest BCUT2D eigenvalue weighted by Gasteiger charge is -2.36. The van der Waals surface area contributed by atoms with Gasteiger partial charge >= 0.3 is 0 Å². The Morgan fingerprint density at radius 2 is 1.68 bits per heavy atom. The van der Waals surface area contributed by atoms with Gasteiger partial charge in [0.05, 0.1) is 12.2 Å². The Kier molecular flexibility index (Phi) is 8.26. The predicted molar refractivity (Wildman–Crippen MR) is 100 cm³/mol. The van der Waals surface area contributed by atoms with Crippen LogP contribution in [0, 0.1) is 5.92 Å². The van der Waals surface area contributed by atoms with Crippen molar-refractivity contribution in [3.63, 3.8) is 0 Å². The lowest BCUT2D eigenvalue weighted by molar-refractivity contribution is -0.0590. The first-order valence-electron chi connectivity index (χ1n) is 8.94. The van der Waals surface area contributed by atoms with E-state index >= 15 is 0 Å². The van der Waals surface area contributed by atoms with E-state index in [-0.39, 0.29) is 9.45 Å². The lowest BCUT2D eigenvalue weighted by atomic mass is 9.87. The largest absolute Gasteiger partial charge is 0.375 e. The third kappa shape index (κ3) is 6.91. The quantitative estimate of drug-likeness (QED) is 0.766. The Morgan fingerprint density at radius 3 is 2.23 bits per heavy atom. The molecule has 0 spiro atoms. The molecule has 1 aliphatic heterocycles. The van der Waals surface area contributed by atoms with Gasteiger partial charge in [-0.25, -0.2) is 0 Å². The van der Waals surface area contributed by atoms with Crippen molar-refractivity contribution in [2.45, 2.75) is 70.6 Å². The molecule has 0 aromatic rings. The average molecular weight is 347 g/mol. The summed E-state index contributed by atoms with van der Waals surface area (Å²) in [6.45, 7) is 7.99. The smallest absolute Gasteiger partial charge is 0.0603 e. The second kappa shape index (κ2) is 9.67. The minimum Gasteiger partial charge on any atom is -0.375 e. The van der Waals surface area contributed by atoms with Gasteiger partial charge in [0.2, 0.25) is 0 Å². The molecule has 0 aromatic carbocycles. The van der Waals surface area contributed by atoms with Crippen molar-refractivity contribution in [3.05, 3.63) is 0 Å². The normalized spacial score (nSPS) is 29.8. The topological polar surface area (TPSA) is 24.5 Å². The Morgan fingerprint density at radius 1 is 1.09 bits per heavy atom. The van der Waals surface area contributed by atoms with E-state index in [1.165, 1.54) is 58.2 Å². The van der Waals surface area contributed by atoms with Crippen LogP contribution in [0.4, 0.5) is 0 Å². The van der Waals surface area contributed by atoms with Gasteiger partial charge in [0.15, 0.2) is 0 Å². The molecular formula is C17H34N2OS2. The minimum absolute atomic E-state index is 0.122. The summed E-state index contributed by atoms with van der Waals surface area (Å²) in [5.74, 6) is 1.95. The van der Waals surface area contributed by atoms with Gasteiger partial charge in [-0.3, -0.25) is 4.90 Å². The molecule has 0 bridgehead atoms. The van der Waals surface area contributed by atoms with Crippen LogP contribution in [0.3, 0.4) is 0 Å². The van der Waals surface area contributed by atoms with Gasteiger partial charge in [0.1, 0.15) is 0 Å². The van der Waals surface area contributed by atoms with Crippen molar-refractivity contribution in [2.75, 3.05) is 31.8 Å². The Balaban J connectivity index is 1.60. The van der Waals surface area contributed by atoms with Crippen LogP contribution in [0.1, 0.15) is 52.4 Å². The van der Waals surface area contributed by atoms with Crippen molar-refractivity contribution in [1.29, 1.82) is 0 Å². The van der Waals surface area contributed by atoms with Crippen molar-refractivity contribution in [3.8, 4) is 0 Å². The number of nitrogens with zero attached hydrogens (tertiary/aromatic N) is 1. The standard InChI is InChI=1S/C17H34N2OS2/c1-14(2)18-12-15-4-6-16(7-5-15)20-17-8-10-19(11-9-17)13-22(3)21/h14-18H,4-13H2,1-3H3/t15-,16-,22?. The first-order chi connectivity index (χ1) is 10.5. The molecule has 1 saturated carbocycles. The number of hydrogen-bond acceptors (Lipinski definition) is 4. The zero-order chi connectivity index (χ0) is 15.9. The molecule has 2 rings (SSSR count). The molecule has 0 radical (unpaired) electrons. The highest BCUT2D eigenvalue weighted by atomic mass is 32.8. The minimum atomic E-state index is 0.122. The maximum atomic E-state index is 6.39. The Hall–Kier alpha value is 0.450. The highest BCUT2D eigenvalue weighted by Gasteiger charge is 2.26. The molecule has 1 atom stereocenters. The van der Waals surface area contributed by atoms with Gasteiger partial charge in [-0.05, 0) is 57.2 Å². The van der Waals surface area contributed by atoms with Gasteiger partial charge in [0, 0.05) is 25.0 Å². The van der Waals surface area contributed by atoms with Crippen LogP contribution in [0.5, 0.6) is 0 Å². The number of piperidine rings is 1. The molecule has 5 heteroatoms. The third-order valence-electron chi connectivity index (χ3n) is 4.89. The summed E-state index contributed by atoms with van der Waals surface area (Å²) in [5, 5.41) is 3.58. The fourth-order valence-electron chi connectivity index (χ4n) is 3.58. The highest BCUT2D eigenvalue weighted by molar-refractivity contribution is 8.28. The molecule has 0 amide bonds. The summed E-state index contributed by atoms with van der Waals surface area (Å²) in [7, 11) is 0.122. The summed E-state index contributed by atoms with van der Waals surface area (Å²) in [5.41, 5.74) is 0. The van der Waals surface area contributed by atoms with Crippen molar-refractivity contribution >= 4 is 20.6 Å². The molecule has 1 N–H and O–H groups in total. The lowest BCUT2D eigenvalue weighted by Crippen LogP contribution is -2.40. The van der Waals surface area contributed by atoms with Crippen LogP contribution in [0.15, 0.2) is 0 Å². The number of nitrogens with one attached hydrogen (secondary N) is 1. The highest BCUT2D eigenvalue weighted by Crippen LogP contribution is 2.28. The molecule has 1 saturated heterocycles. The summed E-state index contributed by atoms with van der Waals surface area (Å²) in [4.78, 5) is 2.52. The van der Waals surface area contributed by atoms with E-state index in [4.69, 9.17) is 15.9 Å². The molecule has 2 aliphatic rings. The molecule has 1 heterocycles. The number of hydrogen-bond donors (Lipinski definition) is 1. The molecule has 0 aromatic heterocycles. The maximum absolute atomic E-state index is 6.39. The first-order valence-corrected chi connectivity index (χ1v) is 11.7. The summed E-state index contributed by atoms with van der Waals surface area (Å²) < 4.78 is 6.39.